The van der Waals surface area contributed by atoms with E-state index in [0.717, 1.165) is 0 Å². The van der Waals surface area contributed by atoms with E-state index < -0.39 is 6.36 Å². The van der Waals surface area contributed by atoms with Crippen molar-refractivity contribution in [3.8, 4) is 16.9 Å². The summed E-state index contributed by atoms with van der Waals surface area (Å²) >= 11 is 0. The molecule has 0 aliphatic heterocycles. The first-order valence-electron chi connectivity index (χ1n) is 6.59. The molecule has 22 heavy (non-hydrogen) atoms. The van der Waals surface area contributed by atoms with Crippen LogP contribution in [0.4, 0.5) is 13.2 Å². The first-order chi connectivity index (χ1) is 10.3. The van der Waals surface area contributed by atoms with E-state index in [-0.39, 0.29) is 18.3 Å². The van der Waals surface area contributed by atoms with Crippen molar-refractivity contribution in [1.82, 2.24) is 9.97 Å². The lowest BCUT2D eigenvalue weighted by Crippen LogP contribution is -2.18. The van der Waals surface area contributed by atoms with Gasteiger partial charge in [0.25, 0.3) is 0 Å². The fourth-order valence-corrected chi connectivity index (χ4v) is 2.27. The molecular formula is C15H15F3N2O2. The van der Waals surface area contributed by atoms with Gasteiger partial charge in [-0.3, -0.25) is 0 Å². The highest BCUT2D eigenvalue weighted by molar-refractivity contribution is 5.73. The summed E-state index contributed by atoms with van der Waals surface area (Å²) in [6.45, 7) is 3.20. The van der Waals surface area contributed by atoms with Crippen molar-refractivity contribution in [1.29, 1.82) is 0 Å². The van der Waals surface area contributed by atoms with Gasteiger partial charge in [-0.2, -0.15) is 0 Å². The Bertz CT molecular complexity index is 645. The van der Waals surface area contributed by atoms with Gasteiger partial charge in [0, 0.05) is 30.5 Å². The predicted octanol–water partition coefficient (Wildman–Crippen LogP) is 3.45. The van der Waals surface area contributed by atoms with Crippen LogP contribution in [0, 0.1) is 6.92 Å². The molecule has 0 aliphatic carbocycles. The smallest absolute Gasteiger partial charge is 0.405 e. The molecule has 0 aliphatic rings. The van der Waals surface area contributed by atoms with E-state index >= 15 is 0 Å². The van der Waals surface area contributed by atoms with E-state index in [1.165, 1.54) is 37.8 Å². The highest BCUT2D eigenvalue weighted by Crippen LogP contribution is 2.38. The zero-order valence-corrected chi connectivity index (χ0v) is 12.1. The van der Waals surface area contributed by atoms with Gasteiger partial charge in [0.2, 0.25) is 0 Å². The van der Waals surface area contributed by atoms with Crippen LogP contribution in [-0.4, -0.2) is 28.0 Å². The number of rotatable bonds is 4. The molecule has 0 bridgehead atoms. The van der Waals surface area contributed by atoms with Crippen LogP contribution in [0.2, 0.25) is 0 Å². The lowest BCUT2D eigenvalue weighted by molar-refractivity contribution is -0.274. The fourth-order valence-electron chi connectivity index (χ4n) is 2.27. The Morgan fingerprint density at radius 1 is 1.23 bits per heavy atom. The minimum Gasteiger partial charge on any atom is -0.405 e. The van der Waals surface area contributed by atoms with Crippen LogP contribution >= 0.6 is 0 Å². The van der Waals surface area contributed by atoms with Crippen molar-refractivity contribution in [3.63, 3.8) is 0 Å². The summed E-state index contributed by atoms with van der Waals surface area (Å²) in [5.41, 5.74) is 2.15. The molecule has 1 N–H and O–H groups in total. The van der Waals surface area contributed by atoms with Crippen molar-refractivity contribution < 1.29 is 23.0 Å². The maximum Gasteiger partial charge on any atom is 0.573 e. The monoisotopic (exact) mass is 312 g/mol. The fraction of sp³-hybridized carbons (Fsp3) is 0.333. The summed E-state index contributed by atoms with van der Waals surface area (Å²) in [5.74, 6) is -0.519. The maximum absolute atomic E-state index is 12.5. The third kappa shape index (κ3) is 3.54. The Morgan fingerprint density at radius 3 is 2.41 bits per heavy atom. The summed E-state index contributed by atoms with van der Waals surface area (Å²) in [6.07, 6.45) is -0.399. The van der Waals surface area contributed by atoms with Gasteiger partial charge in [-0.15, -0.1) is 13.2 Å². The van der Waals surface area contributed by atoms with Crippen LogP contribution in [0.3, 0.4) is 0 Å². The number of ether oxygens (including phenoxy) is 1. The lowest BCUT2D eigenvalue weighted by atomic mass is 9.89. The summed E-state index contributed by atoms with van der Waals surface area (Å²) in [6, 6.07) is 2.79. The molecule has 1 heterocycles. The average Bonchev–Trinajstić information content (AvgIpc) is 2.48. The topological polar surface area (TPSA) is 55.2 Å². The number of alkyl halides is 3. The van der Waals surface area contributed by atoms with Gasteiger partial charge < -0.3 is 9.84 Å². The van der Waals surface area contributed by atoms with Crippen molar-refractivity contribution >= 4 is 0 Å². The van der Waals surface area contributed by atoms with Crippen molar-refractivity contribution in [3.05, 3.63) is 42.0 Å². The number of nitrogens with zero attached hydrogens (tertiary/aromatic N) is 2. The van der Waals surface area contributed by atoms with Crippen LogP contribution < -0.4 is 4.74 Å². The zero-order valence-electron chi connectivity index (χ0n) is 12.1. The number of halogens is 3. The van der Waals surface area contributed by atoms with Gasteiger partial charge in [-0.1, -0.05) is 13.0 Å². The van der Waals surface area contributed by atoms with Gasteiger partial charge in [0.1, 0.15) is 12.1 Å². The molecule has 4 nitrogen and oxygen atoms in total. The molecule has 0 saturated carbocycles. The first-order valence-corrected chi connectivity index (χ1v) is 6.59. The molecule has 1 unspecified atom stereocenters. The third-order valence-electron chi connectivity index (χ3n) is 3.33. The predicted molar refractivity (Wildman–Crippen MR) is 74.4 cm³/mol. The maximum atomic E-state index is 12.5. The molecule has 2 aromatic rings. The molecule has 0 amide bonds. The second kappa shape index (κ2) is 6.31. The van der Waals surface area contributed by atoms with Gasteiger partial charge in [-0.25, -0.2) is 9.97 Å². The van der Waals surface area contributed by atoms with Crippen LogP contribution in [0.25, 0.3) is 11.1 Å². The molecule has 0 fully saturated rings. The van der Waals surface area contributed by atoms with E-state index in [9.17, 15) is 18.3 Å². The number of aromatic nitrogens is 2. The third-order valence-corrected chi connectivity index (χ3v) is 3.33. The summed E-state index contributed by atoms with van der Waals surface area (Å²) < 4.78 is 41.5. The molecular weight excluding hydrogens is 297 g/mol. The number of hydrogen-bond donors (Lipinski definition) is 1. The standard InChI is InChI=1S/C15H15F3N2O2/c1-9(7-21)12-3-4-13(22-15(16,17)18)10(2)14(12)11-5-19-8-20-6-11/h3-6,8-9,21H,7H2,1-2H3. The highest BCUT2D eigenvalue weighted by Gasteiger charge is 2.32. The largest absolute Gasteiger partial charge is 0.573 e. The minimum atomic E-state index is -4.76. The van der Waals surface area contributed by atoms with Crippen molar-refractivity contribution in [2.45, 2.75) is 26.1 Å². The minimum absolute atomic E-state index is 0.125. The molecule has 118 valence electrons. The van der Waals surface area contributed by atoms with Gasteiger partial charge >= 0.3 is 6.36 Å². The van der Waals surface area contributed by atoms with Crippen molar-refractivity contribution in [2.24, 2.45) is 0 Å². The zero-order chi connectivity index (χ0) is 16.3. The van der Waals surface area contributed by atoms with E-state index in [0.29, 0.717) is 22.3 Å². The molecule has 7 heteroatoms. The van der Waals surface area contributed by atoms with Crippen LogP contribution in [0.1, 0.15) is 24.0 Å². The SMILES string of the molecule is Cc1c(OC(F)(F)F)ccc(C(C)CO)c1-c1cncnc1. The second-order valence-electron chi connectivity index (χ2n) is 4.91. The molecule has 0 spiro atoms. The number of hydrogen-bond acceptors (Lipinski definition) is 4. The normalized spacial score (nSPS) is 13.0. The van der Waals surface area contributed by atoms with E-state index in [1.807, 2.05) is 0 Å². The number of aliphatic hydroxyl groups excluding tert-OH is 1. The molecule has 1 atom stereocenters. The van der Waals surface area contributed by atoms with Crippen LogP contribution in [0.5, 0.6) is 5.75 Å². The van der Waals surface area contributed by atoms with Gasteiger partial charge in [0.15, 0.2) is 0 Å². The Morgan fingerprint density at radius 2 is 1.86 bits per heavy atom. The highest BCUT2D eigenvalue weighted by atomic mass is 19.4. The molecule has 0 radical (unpaired) electrons. The van der Waals surface area contributed by atoms with Crippen LogP contribution in [-0.2, 0) is 0 Å². The molecule has 2 rings (SSSR count). The summed E-state index contributed by atoms with van der Waals surface area (Å²) in [5, 5.41) is 9.36. The Hall–Kier alpha value is -2.15. The summed E-state index contributed by atoms with van der Waals surface area (Å²) in [4.78, 5) is 7.79. The van der Waals surface area contributed by atoms with Crippen molar-refractivity contribution in [2.75, 3.05) is 6.61 Å². The second-order valence-corrected chi connectivity index (χ2v) is 4.91. The Balaban J connectivity index is 2.62. The molecule has 1 aromatic carbocycles. The first kappa shape index (κ1) is 16.2. The molecule has 0 saturated heterocycles. The number of benzene rings is 1. The number of aliphatic hydroxyl groups is 1. The van der Waals surface area contributed by atoms with Gasteiger partial charge in [0.05, 0.1) is 0 Å². The molecule has 1 aromatic heterocycles. The average molecular weight is 312 g/mol. The lowest BCUT2D eigenvalue weighted by Gasteiger charge is -2.20. The van der Waals surface area contributed by atoms with E-state index in [2.05, 4.69) is 14.7 Å². The Kier molecular flexibility index (Phi) is 4.65. The van der Waals surface area contributed by atoms with E-state index in [4.69, 9.17) is 0 Å². The summed E-state index contributed by atoms with van der Waals surface area (Å²) in [7, 11) is 0. The quantitative estimate of drug-likeness (QED) is 0.939. The van der Waals surface area contributed by atoms with Crippen LogP contribution in [0.15, 0.2) is 30.9 Å². The van der Waals surface area contributed by atoms with Gasteiger partial charge in [-0.05, 0) is 29.7 Å². The Labute approximate surface area is 125 Å². The van der Waals surface area contributed by atoms with E-state index in [1.54, 1.807) is 6.92 Å².